The van der Waals surface area contributed by atoms with E-state index in [2.05, 4.69) is 31.1 Å². The topological polar surface area (TPSA) is 12.0 Å². The molecule has 0 saturated heterocycles. The Morgan fingerprint density at radius 2 is 2.08 bits per heavy atom. The van der Waals surface area contributed by atoms with E-state index >= 15 is 0 Å². The molecule has 78 valence electrons. The van der Waals surface area contributed by atoms with Gasteiger partial charge in [0.15, 0.2) is 0 Å². The van der Waals surface area contributed by atoms with Gasteiger partial charge < -0.3 is 5.32 Å². The zero-order chi connectivity index (χ0) is 9.52. The van der Waals surface area contributed by atoms with Crippen LogP contribution in [0.4, 0.5) is 0 Å². The monoisotopic (exact) mass is 201 g/mol. The average Bonchev–Trinajstić information content (AvgIpc) is 2.64. The first-order valence-corrected chi connectivity index (χ1v) is 6.70. The summed E-state index contributed by atoms with van der Waals surface area (Å²) in [6.45, 7) is 2.27. The van der Waals surface area contributed by atoms with Gasteiger partial charge in [-0.3, -0.25) is 0 Å². The average molecular weight is 201 g/mol. The van der Waals surface area contributed by atoms with Crippen LogP contribution in [0.2, 0.25) is 0 Å². The van der Waals surface area contributed by atoms with Crippen molar-refractivity contribution >= 4 is 11.8 Å². The summed E-state index contributed by atoms with van der Waals surface area (Å²) in [5.41, 5.74) is 0. The molecule has 0 aromatic rings. The van der Waals surface area contributed by atoms with E-state index in [4.69, 9.17) is 0 Å². The zero-order valence-electron chi connectivity index (χ0n) is 9.01. The van der Waals surface area contributed by atoms with Crippen LogP contribution in [0.3, 0.4) is 0 Å². The highest BCUT2D eigenvalue weighted by atomic mass is 32.2. The van der Waals surface area contributed by atoms with Gasteiger partial charge in [-0.15, -0.1) is 0 Å². The van der Waals surface area contributed by atoms with Gasteiger partial charge in [-0.25, -0.2) is 0 Å². The number of thioether (sulfide) groups is 1. The molecule has 1 saturated carbocycles. The molecule has 1 nitrogen and oxygen atoms in total. The molecule has 0 spiro atoms. The lowest BCUT2D eigenvalue weighted by Crippen LogP contribution is -2.28. The maximum absolute atomic E-state index is 3.41. The number of nitrogens with one attached hydrogen (secondary N) is 1. The minimum Gasteiger partial charge on any atom is -0.316 e. The molecule has 0 heterocycles. The summed E-state index contributed by atoms with van der Waals surface area (Å²) in [6, 6.07) is 0.746. The maximum Gasteiger partial charge on any atom is 0.0155 e. The molecule has 0 amide bonds. The molecule has 1 aliphatic rings. The first-order valence-electron chi connectivity index (χ1n) is 5.65. The number of hydrogen-bond acceptors (Lipinski definition) is 2. The summed E-state index contributed by atoms with van der Waals surface area (Å²) in [5, 5.41) is 4.39. The van der Waals surface area contributed by atoms with Gasteiger partial charge in [-0.2, -0.15) is 11.8 Å². The van der Waals surface area contributed by atoms with Crippen molar-refractivity contribution in [1.29, 1.82) is 0 Å². The van der Waals surface area contributed by atoms with Crippen LogP contribution < -0.4 is 5.32 Å². The fraction of sp³-hybridized carbons (Fsp3) is 1.00. The quantitative estimate of drug-likeness (QED) is 0.709. The normalized spacial score (nSPS) is 20.8. The molecule has 2 heteroatoms. The van der Waals surface area contributed by atoms with Crippen LogP contribution in [-0.2, 0) is 0 Å². The van der Waals surface area contributed by atoms with Gasteiger partial charge in [0.05, 0.1) is 0 Å². The second-order valence-corrected chi connectivity index (χ2v) is 5.35. The summed E-state index contributed by atoms with van der Waals surface area (Å²) in [6.07, 6.45) is 8.50. The van der Waals surface area contributed by atoms with Crippen molar-refractivity contribution in [3.05, 3.63) is 0 Å². The van der Waals surface area contributed by atoms with Crippen molar-refractivity contribution in [1.82, 2.24) is 5.32 Å². The van der Waals surface area contributed by atoms with E-state index in [1.54, 1.807) is 0 Å². The Bertz CT molecular complexity index is 121. The van der Waals surface area contributed by atoms with E-state index in [-0.39, 0.29) is 0 Å². The fourth-order valence-electron chi connectivity index (χ4n) is 1.97. The van der Waals surface area contributed by atoms with Crippen molar-refractivity contribution in [2.24, 2.45) is 0 Å². The molecule has 1 atom stereocenters. The summed E-state index contributed by atoms with van der Waals surface area (Å²) in [4.78, 5) is 0. The van der Waals surface area contributed by atoms with Crippen LogP contribution in [-0.4, -0.2) is 24.1 Å². The minimum absolute atomic E-state index is 0.746. The molecule has 0 aliphatic heterocycles. The Balaban J connectivity index is 2.07. The molecule has 1 fully saturated rings. The molecule has 0 radical (unpaired) electrons. The van der Waals surface area contributed by atoms with Crippen LogP contribution in [0.5, 0.6) is 0 Å². The second-order valence-electron chi connectivity index (χ2n) is 4.01. The molecular formula is C11H23NS. The van der Waals surface area contributed by atoms with Crippen molar-refractivity contribution in [2.75, 3.05) is 12.8 Å². The maximum atomic E-state index is 3.41. The second kappa shape index (κ2) is 6.72. The summed E-state index contributed by atoms with van der Waals surface area (Å²) >= 11 is 2.19. The first kappa shape index (κ1) is 11.4. The highest BCUT2D eigenvalue weighted by molar-refractivity contribution is 7.99. The Morgan fingerprint density at radius 1 is 1.38 bits per heavy atom. The highest BCUT2D eigenvalue weighted by Gasteiger charge is 2.16. The Kier molecular flexibility index (Phi) is 5.88. The van der Waals surface area contributed by atoms with Crippen LogP contribution in [0.1, 0.15) is 45.4 Å². The molecule has 0 aromatic carbocycles. The largest absolute Gasteiger partial charge is 0.316 e. The third-order valence-electron chi connectivity index (χ3n) is 2.88. The van der Waals surface area contributed by atoms with Gasteiger partial charge in [-0.1, -0.05) is 26.2 Å². The molecule has 1 unspecified atom stereocenters. The van der Waals surface area contributed by atoms with Gasteiger partial charge in [0.1, 0.15) is 0 Å². The van der Waals surface area contributed by atoms with Gasteiger partial charge in [0.25, 0.3) is 0 Å². The SMILES string of the molecule is CCCC(CSC1CCCC1)NC. The van der Waals surface area contributed by atoms with Crippen LogP contribution in [0.25, 0.3) is 0 Å². The van der Waals surface area contributed by atoms with E-state index in [1.165, 1.54) is 44.3 Å². The van der Waals surface area contributed by atoms with E-state index in [0.29, 0.717) is 0 Å². The summed E-state index contributed by atoms with van der Waals surface area (Å²) in [5.74, 6) is 1.31. The molecule has 1 aliphatic carbocycles. The smallest absolute Gasteiger partial charge is 0.0155 e. The molecule has 1 N–H and O–H groups in total. The molecule has 13 heavy (non-hydrogen) atoms. The van der Waals surface area contributed by atoms with Gasteiger partial charge in [-0.05, 0) is 26.3 Å². The van der Waals surface area contributed by atoms with Gasteiger partial charge in [0.2, 0.25) is 0 Å². The Hall–Kier alpha value is 0.310. The molecule has 0 aromatic heterocycles. The molecule has 0 bridgehead atoms. The fourth-order valence-corrected chi connectivity index (χ4v) is 3.47. The van der Waals surface area contributed by atoms with Crippen molar-refractivity contribution in [3.8, 4) is 0 Å². The van der Waals surface area contributed by atoms with Crippen molar-refractivity contribution in [3.63, 3.8) is 0 Å². The molecule has 1 rings (SSSR count). The Labute approximate surface area is 87.1 Å². The standard InChI is InChI=1S/C11H23NS/c1-3-6-10(12-2)9-13-11-7-4-5-8-11/h10-12H,3-9H2,1-2H3. The summed E-state index contributed by atoms with van der Waals surface area (Å²) < 4.78 is 0. The van der Waals surface area contributed by atoms with E-state index in [0.717, 1.165) is 11.3 Å². The first-order chi connectivity index (χ1) is 6.36. The van der Waals surface area contributed by atoms with Gasteiger partial charge in [0, 0.05) is 17.0 Å². The third kappa shape index (κ3) is 4.37. The van der Waals surface area contributed by atoms with Gasteiger partial charge >= 0.3 is 0 Å². The minimum atomic E-state index is 0.746. The van der Waals surface area contributed by atoms with Crippen LogP contribution in [0.15, 0.2) is 0 Å². The van der Waals surface area contributed by atoms with Crippen molar-refractivity contribution < 1.29 is 0 Å². The third-order valence-corrected chi connectivity index (χ3v) is 4.42. The molecular weight excluding hydrogens is 178 g/mol. The van der Waals surface area contributed by atoms with E-state index < -0.39 is 0 Å². The van der Waals surface area contributed by atoms with Crippen molar-refractivity contribution in [2.45, 2.75) is 56.7 Å². The lowest BCUT2D eigenvalue weighted by molar-refractivity contribution is 0.564. The Morgan fingerprint density at radius 3 is 2.62 bits per heavy atom. The van der Waals surface area contributed by atoms with E-state index in [1.807, 2.05) is 0 Å². The highest BCUT2D eigenvalue weighted by Crippen LogP contribution is 2.29. The number of hydrogen-bond donors (Lipinski definition) is 1. The zero-order valence-corrected chi connectivity index (χ0v) is 9.83. The summed E-state index contributed by atoms with van der Waals surface area (Å²) in [7, 11) is 2.09. The predicted molar refractivity (Wildman–Crippen MR) is 62.5 cm³/mol. The van der Waals surface area contributed by atoms with E-state index in [9.17, 15) is 0 Å². The number of rotatable bonds is 6. The lowest BCUT2D eigenvalue weighted by Gasteiger charge is -2.17. The van der Waals surface area contributed by atoms with Crippen LogP contribution >= 0.6 is 11.8 Å². The lowest BCUT2D eigenvalue weighted by atomic mass is 10.2. The predicted octanol–water partition coefficient (Wildman–Crippen LogP) is 3.05. The van der Waals surface area contributed by atoms with Crippen LogP contribution in [0, 0.1) is 0 Å².